The van der Waals surface area contributed by atoms with Crippen LogP contribution in [0.1, 0.15) is 31.2 Å². The van der Waals surface area contributed by atoms with E-state index in [0.29, 0.717) is 26.4 Å². The number of hydrogen-bond donors (Lipinski definition) is 0. The minimum absolute atomic E-state index is 0.141. The molecule has 2 fully saturated rings. The fraction of sp³-hybridized carbons (Fsp3) is 0.565. The average molecular weight is 414 g/mol. The lowest BCUT2D eigenvalue weighted by Crippen LogP contribution is -2.52. The molecule has 7 nitrogen and oxygen atoms in total. The Hall–Kier alpha value is -2.22. The number of carbonyl (C=O) groups is 1. The van der Waals surface area contributed by atoms with E-state index in [2.05, 4.69) is 17.1 Å². The molecule has 0 N–H and O–H groups in total. The Morgan fingerprint density at radius 1 is 1.20 bits per heavy atom. The zero-order valence-corrected chi connectivity index (χ0v) is 17.4. The van der Waals surface area contributed by atoms with Crippen molar-refractivity contribution in [1.82, 2.24) is 14.5 Å². The summed E-state index contributed by atoms with van der Waals surface area (Å²) in [5, 5.41) is 0. The molecule has 0 aliphatic carbocycles. The molecule has 3 heterocycles. The van der Waals surface area contributed by atoms with E-state index in [1.54, 1.807) is 12.5 Å². The molecule has 4 rings (SSSR count). The molecule has 1 aromatic heterocycles. The van der Waals surface area contributed by atoms with Gasteiger partial charge in [-0.25, -0.2) is 4.98 Å². The maximum absolute atomic E-state index is 12.5. The van der Waals surface area contributed by atoms with Crippen LogP contribution < -0.4 is 0 Å². The van der Waals surface area contributed by atoms with Gasteiger partial charge in [0.1, 0.15) is 6.54 Å². The van der Waals surface area contributed by atoms with Gasteiger partial charge in [0.2, 0.25) is 5.91 Å². The summed E-state index contributed by atoms with van der Waals surface area (Å²) in [5.74, 6) is 0.141. The first-order valence-corrected chi connectivity index (χ1v) is 10.8. The van der Waals surface area contributed by atoms with Crippen LogP contribution in [0.3, 0.4) is 0 Å². The van der Waals surface area contributed by atoms with Crippen molar-refractivity contribution in [2.45, 2.75) is 50.5 Å². The minimum Gasteiger partial charge on any atom is -0.376 e. The van der Waals surface area contributed by atoms with Crippen LogP contribution in [-0.2, 0) is 32.2 Å². The van der Waals surface area contributed by atoms with Crippen LogP contribution in [0.5, 0.6) is 0 Å². The normalized spacial score (nSPS) is 21.1. The summed E-state index contributed by atoms with van der Waals surface area (Å²) in [5.41, 5.74) is 1.02. The zero-order chi connectivity index (χ0) is 20.7. The molecule has 0 radical (unpaired) electrons. The summed E-state index contributed by atoms with van der Waals surface area (Å²) in [4.78, 5) is 18.4. The number of piperidine rings is 1. The first-order chi connectivity index (χ1) is 14.7. The van der Waals surface area contributed by atoms with E-state index >= 15 is 0 Å². The molecule has 2 aromatic rings. The van der Waals surface area contributed by atoms with Gasteiger partial charge in [0.25, 0.3) is 0 Å². The molecule has 2 aliphatic heterocycles. The van der Waals surface area contributed by atoms with Gasteiger partial charge in [0.15, 0.2) is 0 Å². The summed E-state index contributed by atoms with van der Waals surface area (Å²) in [6.07, 6.45) is 8.95. The predicted octanol–water partition coefficient (Wildman–Crippen LogP) is 2.66. The van der Waals surface area contributed by atoms with Crippen molar-refractivity contribution in [1.29, 1.82) is 0 Å². The molecular formula is C23H31N3O4. The summed E-state index contributed by atoms with van der Waals surface area (Å²) < 4.78 is 19.8. The Bertz CT molecular complexity index is 773. The van der Waals surface area contributed by atoms with E-state index in [4.69, 9.17) is 14.2 Å². The van der Waals surface area contributed by atoms with Gasteiger partial charge in [0, 0.05) is 38.5 Å². The highest BCUT2D eigenvalue weighted by atomic mass is 16.5. The monoisotopic (exact) mass is 413 g/mol. The van der Waals surface area contributed by atoms with Crippen molar-refractivity contribution >= 4 is 5.91 Å². The van der Waals surface area contributed by atoms with Crippen molar-refractivity contribution in [3.05, 3.63) is 54.6 Å². The number of imidazole rings is 1. The fourth-order valence-corrected chi connectivity index (χ4v) is 4.31. The highest BCUT2D eigenvalue weighted by Gasteiger charge is 2.41. The predicted molar refractivity (Wildman–Crippen MR) is 112 cm³/mol. The number of carbonyl (C=O) groups excluding carboxylic acids is 1. The van der Waals surface area contributed by atoms with Crippen LogP contribution in [0.25, 0.3) is 0 Å². The first kappa shape index (κ1) is 21.0. The molecule has 2 aliphatic rings. The third-order valence-corrected chi connectivity index (χ3v) is 6.04. The highest BCUT2D eigenvalue weighted by Crippen LogP contribution is 2.36. The van der Waals surface area contributed by atoms with Crippen molar-refractivity contribution < 1.29 is 19.0 Å². The highest BCUT2D eigenvalue weighted by molar-refractivity contribution is 5.76. The van der Waals surface area contributed by atoms with E-state index < -0.39 is 0 Å². The second-order valence-electron chi connectivity index (χ2n) is 8.17. The molecule has 2 saturated heterocycles. The Balaban J connectivity index is 1.16. The van der Waals surface area contributed by atoms with Gasteiger partial charge in [-0.2, -0.15) is 0 Å². The molecule has 7 heteroatoms. The van der Waals surface area contributed by atoms with E-state index in [0.717, 1.165) is 45.4 Å². The van der Waals surface area contributed by atoms with E-state index in [-0.39, 0.29) is 17.6 Å². The number of ether oxygens (including phenoxy) is 3. The first-order valence-electron chi connectivity index (χ1n) is 10.8. The van der Waals surface area contributed by atoms with Gasteiger partial charge in [-0.15, -0.1) is 0 Å². The van der Waals surface area contributed by atoms with Crippen molar-refractivity contribution in [2.24, 2.45) is 0 Å². The van der Waals surface area contributed by atoms with Crippen LogP contribution in [0.15, 0.2) is 49.1 Å². The molecule has 30 heavy (non-hydrogen) atoms. The lowest BCUT2D eigenvalue weighted by atomic mass is 9.83. The summed E-state index contributed by atoms with van der Waals surface area (Å²) in [7, 11) is 0. The van der Waals surface area contributed by atoms with Crippen LogP contribution in [-0.4, -0.2) is 65.0 Å². The largest absolute Gasteiger partial charge is 0.376 e. The number of nitrogens with zero attached hydrogens (tertiary/aromatic N) is 3. The second kappa shape index (κ2) is 10.2. The van der Waals surface area contributed by atoms with Crippen molar-refractivity contribution in [3.63, 3.8) is 0 Å². The topological polar surface area (TPSA) is 65.8 Å². The lowest BCUT2D eigenvalue weighted by Gasteiger charge is -2.46. The fourth-order valence-electron chi connectivity index (χ4n) is 4.31. The second-order valence-corrected chi connectivity index (χ2v) is 8.17. The quantitative estimate of drug-likeness (QED) is 0.623. The Kier molecular flexibility index (Phi) is 7.15. The Morgan fingerprint density at radius 2 is 2.03 bits per heavy atom. The van der Waals surface area contributed by atoms with E-state index in [9.17, 15) is 4.79 Å². The van der Waals surface area contributed by atoms with Gasteiger partial charge < -0.3 is 23.7 Å². The number of likely N-dealkylation sites (tertiary alicyclic amines) is 1. The number of rotatable bonds is 8. The molecule has 1 spiro atoms. The molecular weight excluding hydrogens is 382 g/mol. The van der Waals surface area contributed by atoms with Gasteiger partial charge in [-0.1, -0.05) is 30.3 Å². The minimum atomic E-state index is -0.153. The summed E-state index contributed by atoms with van der Waals surface area (Å²) in [6, 6.07) is 10.2. The number of hydrogen-bond acceptors (Lipinski definition) is 5. The number of amides is 1. The summed E-state index contributed by atoms with van der Waals surface area (Å²) in [6.45, 7) is 4.35. The maximum Gasteiger partial charge on any atom is 0.242 e. The smallest absolute Gasteiger partial charge is 0.242 e. The van der Waals surface area contributed by atoms with Crippen molar-refractivity contribution in [2.75, 3.05) is 32.9 Å². The number of aromatic nitrogens is 2. The molecule has 1 aromatic carbocycles. The molecule has 0 bridgehead atoms. The molecule has 0 saturated carbocycles. The maximum atomic E-state index is 12.5. The third-order valence-electron chi connectivity index (χ3n) is 6.04. The van der Waals surface area contributed by atoms with E-state index in [1.165, 1.54) is 5.56 Å². The molecule has 1 amide bonds. The number of benzene rings is 1. The van der Waals surface area contributed by atoms with Crippen LogP contribution >= 0.6 is 0 Å². The molecule has 162 valence electrons. The molecule has 1 unspecified atom stereocenters. The Labute approximate surface area is 177 Å². The van der Waals surface area contributed by atoms with Crippen molar-refractivity contribution in [3.8, 4) is 0 Å². The van der Waals surface area contributed by atoms with Gasteiger partial charge in [0.05, 0.1) is 37.9 Å². The lowest BCUT2D eigenvalue weighted by molar-refractivity contribution is -0.163. The average Bonchev–Trinajstić information content (AvgIpc) is 3.28. The third kappa shape index (κ3) is 5.68. The SMILES string of the molecule is O=C(Cn1ccnc1)N1CCC2(CC1)CC(OCCOCc1ccccc1)CCO2. The van der Waals surface area contributed by atoms with Crippen LogP contribution in [0.4, 0.5) is 0 Å². The summed E-state index contributed by atoms with van der Waals surface area (Å²) >= 11 is 0. The standard InChI is InChI=1S/C23H31N3O4/c27-22(17-25-12-9-24-19-25)26-10-7-23(8-11-26)16-21(6-13-30-23)29-15-14-28-18-20-4-2-1-3-5-20/h1-5,9,12,19,21H,6-8,10-11,13-18H2. The van der Waals surface area contributed by atoms with Crippen LogP contribution in [0, 0.1) is 0 Å². The van der Waals surface area contributed by atoms with Gasteiger partial charge in [-0.3, -0.25) is 4.79 Å². The van der Waals surface area contributed by atoms with Gasteiger partial charge in [-0.05, 0) is 24.8 Å². The van der Waals surface area contributed by atoms with Gasteiger partial charge >= 0.3 is 0 Å². The molecule has 1 atom stereocenters. The Morgan fingerprint density at radius 3 is 2.80 bits per heavy atom. The zero-order valence-electron chi connectivity index (χ0n) is 17.4. The van der Waals surface area contributed by atoms with Crippen LogP contribution in [0.2, 0.25) is 0 Å². The van der Waals surface area contributed by atoms with E-state index in [1.807, 2.05) is 33.9 Å².